The molecule has 0 spiro atoms. The van der Waals surface area contributed by atoms with E-state index in [9.17, 15) is 89.6 Å². The summed E-state index contributed by atoms with van der Waals surface area (Å²) in [6, 6.07) is 26.8. The van der Waals surface area contributed by atoms with E-state index >= 15 is 39.5 Å². The van der Waals surface area contributed by atoms with Gasteiger partial charge in [0.1, 0.15) is 0 Å². The Morgan fingerprint density at radius 2 is 0.417 bits per heavy atom. The van der Waals surface area contributed by atoms with Gasteiger partial charge in [0.25, 0.3) is 0 Å². The molecule has 550 valence electrons. The summed E-state index contributed by atoms with van der Waals surface area (Å²) in [5.74, 6) is 0. The van der Waals surface area contributed by atoms with Crippen molar-refractivity contribution >= 4 is 43.6 Å². The molecule has 2 aromatic heterocycles. The zero-order valence-electron chi connectivity index (χ0n) is 53.0. The summed E-state index contributed by atoms with van der Waals surface area (Å²) in [4.78, 5) is 0. The quantitative estimate of drug-likeness (QED) is 0.142. The lowest BCUT2D eigenvalue weighted by molar-refractivity contribution is -0.144. The third-order valence-electron chi connectivity index (χ3n) is 18.0. The van der Waals surface area contributed by atoms with Gasteiger partial charge in [-0.2, -0.15) is 129 Å². The predicted octanol–water partition coefficient (Wildman–Crippen LogP) is 26.8. The molecule has 0 saturated carbocycles. The normalized spacial score (nSPS) is 13.1. The number of hydrogen-bond donors (Lipinski definition) is 0. The maximum atomic E-state index is 15.4. The Hall–Kier alpha value is -11.9. The lowest BCUT2D eigenvalue weighted by Gasteiger charge is -2.21. The second-order valence-electron chi connectivity index (χ2n) is 24.6. The second kappa shape index (κ2) is 25.4. The lowest BCUT2D eigenvalue weighted by atomic mass is 9.93. The van der Waals surface area contributed by atoms with Gasteiger partial charge < -0.3 is 9.13 Å². The number of fused-ring (bicyclic) bond motifs is 6. The van der Waals surface area contributed by atoms with Crippen LogP contribution in [0.3, 0.4) is 0 Å². The number of halogens is 27. The average Bonchev–Trinajstić information content (AvgIpc) is 1.56. The Bertz CT molecular complexity index is 5680. The fourth-order valence-electron chi connectivity index (χ4n) is 13.3. The van der Waals surface area contributed by atoms with Crippen LogP contribution in [-0.2, 0) is 55.6 Å². The van der Waals surface area contributed by atoms with Gasteiger partial charge in [-0.25, -0.2) is 0 Å². The van der Waals surface area contributed by atoms with Crippen LogP contribution in [0, 0.1) is 22.7 Å². The zero-order valence-corrected chi connectivity index (χ0v) is 53.0. The molecule has 0 aliphatic heterocycles. The molecule has 108 heavy (non-hydrogen) atoms. The van der Waals surface area contributed by atoms with Crippen molar-refractivity contribution in [2.75, 3.05) is 0 Å². The summed E-state index contributed by atoms with van der Waals surface area (Å²) in [6.45, 7) is 0. The van der Waals surface area contributed by atoms with E-state index in [0.29, 0.717) is 54.6 Å². The Labute approximate surface area is 587 Å². The van der Waals surface area contributed by atoms with Crippen LogP contribution < -0.4 is 0 Å². The molecule has 0 saturated heterocycles. The molecule has 0 aliphatic rings. The first kappa shape index (κ1) is 74.4. The first-order valence-corrected chi connectivity index (χ1v) is 30.8. The van der Waals surface area contributed by atoms with Crippen molar-refractivity contribution in [3.8, 4) is 90.3 Å². The second-order valence-corrected chi connectivity index (χ2v) is 24.6. The fraction of sp³-hybridized carbons (Fsp3) is 0.117. The van der Waals surface area contributed by atoms with Crippen molar-refractivity contribution < 1.29 is 119 Å². The van der Waals surface area contributed by atoms with Crippen molar-refractivity contribution in [1.29, 1.82) is 10.5 Å². The van der Waals surface area contributed by atoms with E-state index in [2.05, 4.69) is 0 Å². The first-order chi connectivity index (χ1) is 50.1. The molecule has 0 bridgehead atoms. The number of benzene rings is 11. The molecule has 13 rings (SSSR count). The molecule has 2 heterocycles. The van der Waals surface area contributed by atoms with Crippen LogP contribution in [0.5, 0.6) is 0 Å². The number of aromatic nitrogens is 2. The minimum atomic E-state index is -5.56. The van der Waals surface area contributed by atoms with Crippen LogP contribution in [-0.4, -0.2) is 9.13 Å². The molecule has 0 aliphatic carbocycles. The lowest BCUT2D eigenvalue weighted by Crippen LogP contribution is -2.12. The van der Waals surface area contributed by atoms with E-state index in [1.807, 2.05) is 6.07 Å². The number of nitrogens with zero attached hydrogens (tertiary/aromatic N) is 4. The highest BCUT2D eigenvalue weighted by atomic mass is 19.4. The molecule has 0 fully saturated rings. The standard InChI is InChI=1S/C77H33F27N4/c78-69(79,80)43-8-15-48(59(30-43)74(93,94)95)38-4-19-63-54(25-38)55-26-39(49-16-9-44(70(81,82)83)31-60(49)75(96,97)98)5-20-64(55)107(63)67-24-37(35-106)2-13-52(67)53-14-3-42(47-12-1-36(34-105)23-58(47)73(90,91)92)29-68(53)108-65-21-6-40(50-17-10-45(71(84,85)86)32-61(50)76(99,100)101)27-56(65)57-28-41(7-22-66(57)108)51-18-11-46(72(87,88)89)33-62(51)77(102,103)104/h1-33H. The number of hydrogen-bond acceptors (Lipinski definition) is 2. The van der Waals surface area contributed by atoms with Gasteiger partial charge in [0.2, 0.25) is 0 Å². The maximum absolute atomic E-state index is 15.4. The molecule has 0 radical (unpaired) electrons. The van der Waals surface area contributed by atoms with Crippen LogP contribution in [0.4, 0.5) is 119 Å². The topological polar surface area (TPSA) is 57.4 Å². The van der Waals surface area contributed by atoms with Crippen LogP contribution in [0.25, 0.3) is 122 Å². The van der Waals surface area contributed by atoms with Crippen LogP contribution in [0.15, 0.2) is 200 Å². The monoisotopic (exact) mass is 1530 g/mol. The summed E-state index contributed by atoms with van der Waals surface area (Å²) in [5.41, 5.74) is -25.6. The van der Waals surface area contributed by atoms with Crippen molar-refractivity contribution in [1.82, 2.24) is 9.13 Å². The van der Waals surface area contributed by atoms with E-state index in [0.717, 1.165) is 115 Å². The van der Waals surface area contributed by atoms with Gasteiger partial charge in [0.15, 0.2) is 0 Å². The summed E-state index contributed by atoms with van der Waals surface area (Å²) in [5, 5.41) is 19.2. The highest BCUT2D eigenvalue weighted by Gasteiger charge is 2.44. The third-order valence-corrected chi connectivity index (χ3v) is 18.0. The summed E-state index contributed by atoms with van der Waals surface area (Å²) < 4.78 is 398. The molecular weight excluding hydrogens is 1490 g/mol. The van der Waals surface area contributed by atoms with E-state index in [-0.39, 0.29) is 95.9 Å². The number of nitriles is 2. The highest BCUT2D eigenvalue weighted by molar-refractivity contribution is 6.14. The molecule has 0 amide bonds. The average molecular weight is 1530 g/mol. The van der Waals surface area contributed by atoms with Gasteiger partial charge in [-0.3, -0.25) is 0 Å². The van der Waals surface area contributed by atoms with Gasteiger partial charge in [0.05, 0.1) is 107 Å². The SMILES string of the molecule is N#Cc1ccc(-c2ccc(-c3ccc(C#N)cc3C(F)(F)F)cc2-n2c3ccc(-c4ccc(C(F)(F)F)cc4C(F)(F)F)cc3c3cc(-c4ccc(C(F)(F)F)cc4C(F)(F)F)ccc32)c(-n2c3ccc(-c4ccc(C(F)(F)F)cc4C(F)(F)F)cc3c3cc(-c4ccc(C(F)(F)F)cc4C(F)(F)F)ccc32)c1. The molecule has 13 aromatic rings. The van der Waals surface area contributed by atoms with Gasteiger partial charge in [-0.15, -0.1) is 0 Å². The Morgan fingerprint density at radius 3 is 0.676 bits per heavy atom. The molecular formula is C77H33F27N4. The number of alkyl halides is 27. The minimum Gasteiger partial charge on any atom is -0.309 e. The van der Waals surface area contributed by atoms with Gasteiger partial charge in [-0.1, -0.05) is 72.8 Å². The van der Waals surface area contributed by atoms with Crippen molar-refractivity contribution in [3.63, 3.8) is 0 Å². The van der Waals surface area contributed by atoms with E-state index in [1.54, 1.807) is 6.07 Å². The van der Waals surface area contributed by atoms with E-state index in [1.165, 1.54) is 15.2 Å². The molecule has 11 aromatic carbocycles. The zero-order chi connectivity index (χ0) is 78.5. The smallest absolute Gasteiger partial charge is 0.309 e. The molecule has 0 unspecified atom stereocenters. The molecule has 0 atom stereocenters. The van der Waals surface area contributed by atoms with E-state index in [4.69, 9.17) is 0 Å². The van der Waals surface area contributed by atoms with Gasteiger partial charge >= 0.3 is 55.6 Å². The first-order valence-electron chi connectivity index (χ1n) is 30.8. The molecule has 0 N–H and O–H groups in total. The summed E-state index contributed by atoms with van der Waals surface area (Å²) in [7, 11) is 0. The fourth-order valence-corrected chi connectivity index (χ4v) is 13.3. The molecule has 31 heteroatoms. The van der Waals surface area contributed by atoms with Crippen molar-refractivity contribution in [2.24, 2.45) is 0 Å². The summed E-state index contributed by atoms with van der Waals surface area (Å²) >= 11 is 0. The van der Waals surface area contributed by atoms with Crippen molar-refractivity contribution in [2.45, 2.75) is 55.6 Å². The van der Waals surface area contributed by atoms with Gasteiger partial charge in [0, 0.05) is 32.7 Å². The van der Waals surface area contributed by atoms with E-state index < -0.39 is 167 Å². The maximum Gasteiger partial charge on any atom is 0.417 e. The Kier molecular flexibility index (Phi) is 17.5. The van der Waals surface area contributed by atoms with Crippen molar-refractivity contribution in [3.05, 3.63) is 261 Å². The number of rotatable bonds is 8. The third kappa shape index (κ3) is 13.6. The Morgan fingerprint density at radius 1 is 0.204 bits per heavy atom. The largest absolute Gasteiger partial charge is 0.417 e. The Balaban J connectivity index is 1.16. The summed E-state index contributed by atoms with van der Waals surface area (Å²) in [6.07, 6.45) is -48.9. The minimum absolute atomic E-state index is 0.190. The highest BCUT2D eigenvalue weighted by Crippen LogP contribution is 2.52. The van der Waals surface area contributed by atoms with Crippen LogP contribution in [0.2, 0.25) is 0 Å². The van der Waals surface area contributed by atoms with Crippen LogP contribution >= 0.6 is 0 Å². The molecule has 4 nitrogen and oxygen atoms in total. The predicted molar refractivity (Wildman–Crippen MR) is 342 cm³/mol. The van der Waals surface area contributed by atoms with Crippen LogP contribution in [0.1, 0.15) is 61.2 Å². The van der Waals surface area contributed by atoms with Gasteiger partial charge in [-0.05, 0) is 183 Å².